The minimum atomic E-state index is 0.841. The van der Waals surface area contributed by atoms with Crippen LogP contribution in [0.15, 0.2) is 315 Å². The molecule has 0 unspecified atom stereocenters. The highest BCUT2D eigenvalue weighted by molar-refractivity contribution is 6.33. The largest absolute Gasteiger partial charge is 0.309 e. The first-order chi connectivity index (χ1) is 44.7. The second-order valence-corrected chi connectivity index (χ2v) is 23.6. The van der Waals surface area contributed by atoms with E-state index in [9.17, 15) is 0 Å². The molecular weight excluding hydrogens is 1090 g/mol. The van der Waals surface area contributed by atoms with Crippen LogP contribution in [-0.4, -0.2) is 28.1 Å². The number of nitrogens with zero attached hydrogens (tertiary/aromatic N) is 6. The highest BCUT2D eigenvalue weighted by Crippen LogP contribution is 2.47. The van der Waals surface area contributed by atoms with Crippen molar-refractivity contribution in [3.63, 3.8) is 0 Å². The van der Waals surface area contributed by atoms with Gasteiger partial charge in [-0.1, -0.05) is 237 Å². The number of fused-ring (bicyclic) bond motifs is 15. The average Bonchev–Trinajstić information content (AvgIpc) is 1.55. The summed E-state index contributed by atoms with van der Waals surface area (Å²) in [6.07, 6.45) is 0. The van der Waals surface area contributed by atoms with Gasteiger partial charge in [-0.25, -0.2) is 9.97 Å². The minimum absolute atomic E-state index is 0.841. The Morgan fingerprint density at radius 1 is 0.233 bits per heavy atom. The molecule has 0 saturated heterocycles. The smallest absolute Gasteiger partial charge is 0.165 e. The van der Waals surface area contributed by atoms with E-state index in [1.165, 1.54) is 126 Å². The van der Waals surface area contributed by atoms with Crippen LogP contribution in [0.25, 0.3) is 176 Å². The molecule has 6 aromatic heterocycles. The van der Waals surface area contributed by atoms with Gasteiger partial charge in [-0.2, -0.15) is 0 Å². The second kappa shape index (κ2) is 19.7. The molecule has 0 spiro atoms. The van der Waals surface area contributed by atoms with Crippen molar-refractivity contribution < 1.29 is 0 Å². The minimum Gasteiger partial charge on any atom is -0.309 e. The van der Waals surface area contributed by atoms with E-state index < -0.39 is 0 Å². The van der Waals surface area contributed by atoms with Gasteiger partial charge in [0.05, 0.1) is 60.7 Å². The Labute approximate surface area is 516 Å². The van der Waals surface area contributed by atoms with Gasteiger partial charge in [0.15, 0.2) is 5.82 Å². The van der Waals surface area contributed by atoms with Gasteiger partial charge in [-0.15, -0.1) is 0 Å². The summed E-state index contributed by atoms with van der Waals surface area (Å²) < 4.78 is 9.71. The topological polar surface area (TPSA) is 45.0 Å². The van der Waals surface area contributed by atoms with Crippen LogP contribution in [0, 0.1) is 0 Å². The van der Waals surface area contributed by atoms with Crippen LogP contribution in [0.3, 0.4) is 0 Å². The molecule has 0 fully saturated rings. The van der Waals surface area contributed by atoms with E-state index in [4.69, 9.17) is 9.97 Å². The molecule has 6 heterocycles. The van der Waals surface area contributed by atoms with Crippen molar-refractivity contribution in [1.82, 2.24) is 28.1 Å². The fourth-order valence-corrected chi connectivity index (χ4v) is 14.9. The maximum Gasteiger partial charge on any atom is 0.165 e. The van der Waals surface area contributed by atoms with Crippen LogP contribution in [0.1, 0.15) is 0 Å². The Morgan fingerprint density at radius 2 is 0.733 bits per heavy atom. The Hall–Kier alpha value is -12.1. The lowest BCUT2D eigenvalue weighted by Crippen LogP contribution is -2.03. The summed E-state index contributed by atoms with van der Waals surface area (Å²) >= 11 is 0. The molecule has 14 aromatic carbocycles. The van der Waals surface area contributed by atoms with Gasteiger partial charge in [0.2, 0.25) is 0 Å². The van der Waals surface area contributed by atoms with Crippen molar-refractivity contribution in [2.24, 2.45) is 0 Å². The standard InChI is InChI=1S/C46H30N2.C38H22N4/c1-3-14-31(15-4-1)36-21-9-10-22-37(36)33-17-13-20-35(28-33)47-43-25-12-11-24-39(43)41-29-42-40-27-26-32-16-7-8-23-38(32)46(40)48(45(42)30-44(41)47)34-18-5-2-6-19-34;1-2-11-23(12-3-1)36-38(40-29-17-7-6-16-28(29)39-36)42-32-20-10-15-26-24-13-4-8-18-30(24)41-31-19-9-5-14-25(31)27-21-22-33(42)35(34(26)32)37(27)41/h1-30H;1-22H. The Bertz CT molecular complexity index is 6270. The molecule has 20 rings (SSSR count). The first kappa shape index (κ1) is 50.1. The molecule has 0 aliphatic rings. The zero-order chi connectivity index (χ0) is 59.0. The zero-order valence-corrected chi connectivity index (χ0v) is 48.7. The first-order valence-corrected chi connectivity index (χ1v) is 30.8. The molecular formula is C84H52N6. The predicted octanol–water partition coefficient (Wildman–Crippen LogP) is 21.9. The Balaban J connectivity index is 0.000000131. The lowest BCUT2D eigenvalue weighted by molar-refractivity contribution is 1.08. The Morgan fingerprint density at radius 3 is 1.49 bits per heavy atom. The summed E-state index contributed by atoms with van der Waals surface area (Å²) in [6, 6.07) is 114. The highest BCUT2D eigenvalue weighted by atomic mass is 15.1. The van der Waals surface area contributed by atoms with Crippen LogP contribution in [-0.2, 0) is 0 Å². The van der Waals surface area contributed by atoms with Crippen LogP contribution in [0.2, 0.25) is 0 Å². The molecule has 0 aliphatic heterocycles. The van der Waals surface area contributed by atoms with Crippen LogP contribution in [0.5, 0.6) is 0 Å². The molecule has 6 nitrogen and oxygen atoms in total. The summed E-state index contributed by atoms with van der Waals surface area (Å²) in [6.45, 7) is 0. The number of hydrogen-bond donors (Lipinski definition) is 0. The molecule has 6 heteroatoms. The van der Waals surface area contributed by atoms with Crippen molar-refractivity contribution >= 4 is 125 Å². The summed E-state index contributed by atoms with van der Waals surface area (Å²) in [5.74, 6) is 0.841. The molecule has 90 heavy (non-hydrogen) atoms. The molecule has 0 N–H and O–H groups in total. The third-order valence-electron chi connectivity index (χ3n) is 18.7. The fourth-order valence-electron chi connectivity index (χ4n) is 14.9. The number of hydrogen-bond acceptors (Lipinski definition) is 2. The summed E-state index contributed by atoms with van der Waals surface area (Å²) in [5, 5.41) is 15.0. The first-order valence-electron chi connectivity index (χ1n) is 30.8. The van der Waals surface area contributed by atoms with E-state index in [1.54, 1.807) is 0 Å². The third-order valence-corrected chi connectivity index (χ3v) is 18.7. The number of para-hydroxylation sites is 6. The van der Waals surface area contributed by atoms with Gasteiger partial charge in [0, 0.05) is 70.8 Å². The fraction of sp³-hybridized carbons (Fsp3) is 0. The van der Waals surface area contributed by atoms with Crippen molar-refractivity contribution in [3.05, 3.63) is 315 Å². The molecule has 0 atom stereocenters. The van der Waals surface area contributed by atoms with Crippen LogP contribution in [0.4, 0.5) is 0 Å². The molecule has 20 aromatic rings. The highest BCUT2D eigenvalue weighted by Gasteiger charge is 2.26. The summed E-state index contributed by atoms with van der Waals surface area (Å²) in [5.41, 5.74) is 21.7. The van der Waals surface area contributed by atoms with Crippen LogP contribution < -0.4 is 0 Å². The van der Waals surface area contributed by atoms with Gasteiger partial charge in [-0.3, -0.25) is 4.57 Å². The van der Waals surface area contributed by atoms with Crippen molar-refractivity contribution in [3.8, 4) is 50.7 Å². The molecule has 0 saturated carbocycles. The second-order valence-electron chi connectivity index (χ2n) is 23.6. The average molecular weight is 1150 g/mol. The molecule has 0 bridgehead atoms. The van der Waals surface area contributed by atoms with Crippen molar-refractivity contribution in [2.45, 2.75) is 0 Å². The lowest BCUT2D eigenvalue weighted by Gasteiger charge is -2.14. The zero-order valence-electron chi connectivity index (χ0n) is 48.7. The lowest BCUT2D eigenvalue weighted by atomic mass is 9.94. The van der Waals surface area contributed by atoms with E-state index in [-0.39, 0.29) is 0 Å². The maximum absolute atomic E-state index is 5.33. The van der Waals surface area contributed by atoms with E-state index in [0.717, 1.165) is 50.5 Å². The van der Waals surface area contributed by atoms with Crippen molar-refractivity contribution in [2.75, 3.05) is 0 Å². The molecule has 0 amide bonds. The van der Waals surface area contributed by atoms with Crippen molar-refractivity contribution in [1.29, 1.82) is 0 Å². The van der Waals surface area contributed by atoms with E-state index in [1.807, 2.05) is 24.3 Å². The van der Waals surface area contributed by atoms with Gasteiger partial charge >= 0.3 is 0 Å². The molecule has 418 valence electrons. The van der Waals surface area contributed by atoms with Gasteiger partial charge in [-0.05, 0) is 112 Å². The van der Waals surface area contributed by atoms with Gasteiger partial charge in [0.1, 0.15) is 5.69 Å². The monoisotopic (exact) mass is 1140 g/mol. The quantitative estimate of drug-likeness (QED) is 0.167. The van der Waals surface area contributed by atoms with Gasteiger partial charge < -0.3 is 13.5 Å². The van der Waals surface area contributed by atoms with Crippen LogP contribution >= 0.6 is 0 Å². The SMILES string of the molecule is c1ccc(-c2ccccc2-c2cccc(-n3c4ccccc4c4cc5c6ccc7ccccc7c6n(-c6ccccc6)c5cc43)c2)cc1.c1ccc(-c2nc3ccccc3nc2-n2c3cccc4c5ccccc5n5c6ccccc6c6ccc2c(c43)c65)cc1. The normalized spacial score (nSPS) is 12.0. The maximum atomic E-state index is 5.33. The number of benzene rings is 14. The summed E-state index contributed by atoms with van der Waals surface area (Å²) in [4.78, 5) is 10.5. The third kappa shape index (κ3) is 7.39. The predicted molar refractivity (Wildman–Crippen MR) is 377 cm³/mol. The van der Waals surface area contributed by atoms with E-state index in [2.05, 4.69) is 309 Å². The molecule has 0 radical (unpaired) electrons. The molecule has 0 aliphatic carbocycles. The van der Waals surface area contributed by atoms with E-state index >= 15 is 0 Å². The Kier molecular flexibility index (Phi) is 11.0. The number of rotatable bonds is 6. The number of aromatic nitrogens is 6. The summed E-state index contributed by atoms with van der Waals surface area (Å²) in [7, 11) is 0. The van der Waals surface area contributed by atoms with Gasteiger partial charge in [0.25, 0.3) is 0 Å². The van der Waals surface area contributed by atoms with E-state index in [0.29, 0.717) is 0 Å².